The smallest absolute Gasteiger partial charge is 0.237 e. The topological polar surface area (TPSA) is 64.3 Å². The Labute approximate surface area is 111 Å². The Morgan fingerprint density at radius 1 is 1.53 bits per heavy atom. The first-order valence-electron chi connectivity index (χ1n) is 6.19. The number of carbonyl (C=O) groups is 1. The van der Waals surface area contributed by atoms with Crippen LogP contribution in [-0.2, 0) is 4.79 Å². The van der Waals surface area contributed by atoms with Crippen LogP contribution in [0.2, 0.25) is 0 Å². The molecule has 0 fully saturated rings. The number of carbonyl (C=O) groups excluding carboxylic acids is 1. The molecule has 19 heavy (non-hydrogen) atoms. The number of hydrogen-bond acceptors (Lipinski definition) is 3. The molecule has 1 aromatic rings. The molecule has 0 spiro atoms. The maximum absolute atomic E-state index is 13.3. The molecule has 2 rings (SSSR count). The molecular formula is C14H17FN2O2. The molecule has 1 aliphatic carbocycles. The van der Waals surface area contributed by atoms with Gasteiger partial charge in [0.05, 0.1) is 7.11 Å². The summed E-state index contributed by atoms with van der Waals surface area (Å²) >= 11 is 0. The zero-order valence-corrected chi connectivity index (χ0v) is 10.8. The number of benzene rings is 1. The van der Waals surface area contributed by atoms with Gasteiger partial charge in [-0.3, -0.25) is 10.2 Å². The highest BCUT2D eigenvalue weighted by Gasteiger charge is 2.22. The highest BCUT2D eigenvalue weighted by atomic mass is 19.1. The molecule has 5 heteroatoms. The Morgan fingerprint density at radius 3 is 2.89 bits per heavy atom. The minimum absolute atomic E-state index is 0.103. The van der Waals surface area contributed by atoms with Crippen LogP contribution >= 0.6 is 0 Å². The quantitative estimate of drug-likeness (QED) is 0.498. The second-order valence-corrected chi connectivity index (χ2v) is 4.55. The maximum Gasteiger partial charge on any atom is 0.237 e. The first-order chi connectivity index (χ1) is 9.15. The average Bonchev–Trinajstić information content (AvgIpc) is 2.46. The Kier molecular flexibility index (Phi) is 4.16. The highest BCUT2D eigenvalue weighted by Crippen LogP contribution is 2.35. The van der Waals surface area contributed by atoms with Crippen LogP contribution in [0.3, 0.4) is 0 Å². The maximum atomic E-state index is 13.3. The molecule has 0 heterocycles. The Balaban J connectivity index is 2.22. The zero-order chi connectivity index (χ0) is 13.8. The van der Waals surface area contributed by atoms with Gasteiger partial charge in [-0.05, 0) is 43.0 Å². The molecular weight excluding hydrogens is 247 g/mol. The normalized spacial score (nSPS) is 18.7. The van der Waals surface area contributed by atoms with Crippen LogP contribution < -0.4 is 16.0 Å². The summed E-state index contributed by atoms with van der Waals surface area (Å²) in [6, 6.07) is 4.45. The van der Waals surface area contributed by atoms with Gasteiger partial charge < -0.3 is 4.74 Å². The van der Waals surface area contributed by atoms with Gasteiger partial charge in [-0.15, -0.1) is 0 Å². The van der Waals surface area contributed by atoms with Gasteiger partial charge in [0.2, 0.25) is 5.91 Å². The summed E-state index contributed by atoms with van der Waals surface area (Å²) in [5, 5.41) is 0. The summed E-state index contributed by atoms with van der Waals surface area (Å²) in [6.07, 6.45) is 3.98. The predicted molar refractivity (Wildman–Crippen MR) is 70.6 cm³/mol. The molecule has 3 N–H and O–H groups in total. The summed E-state index contributed by atoms with van der Waals surface area (Å²) in [5.74, 6) is 5.22. The summed E-state index contributed by atoms with van der Waals surface area (Å²) in [7, 11) is 1.56. The van der Waals surface area contributed by atoms with Crippen LogP contribution in [0.25, 0.3) is 5.57 Å². The van der Waals surface area contributed by atoms with Crippen molar-refractivity contribution in [3.8, 4) is 5.75 Å². The van der Waals surface area contributed by atoms with E-state index in [0.717, 1.165) is 11.1 Å². The summed E-state index contributed by atoms with van der Waals surface area (Å²) in [5.41, 5.74) is 3.94. The first-order valence-corrected chi connectivity index (χ1v) is 6.19. The lowest BCUT2D eigenvalue weighted by molar-refractivity contribution is -0.125. The second-order valence-electron chi connectivity index (χ2n) is 4.55. The van der Waals surface area contributed by atoms with Gasteiger partial charge in [0, 0.05) is 11.5 Å². The number of rotatable bonds is 3. The van der Waals surface area contributed by atoms with E-state index in [1.807, 2.05) is 6.08 Å². The number of halogens is 1. The van der Waals surface area contributed by atoms with Crippen LogP contribution in [-0.4, -0.2) is 13.0 Å². The number of hydrogen-bond donors (Lipinski definition) is 2. The van der Waals surface area contributed by atoms with Gasteiger partial charge in [-0.25, -0.2) is 10.2 Å². The van der Waals surface area contributed by atoms with Gasteiger partial charge >= 0.3 is 0 Å². The van der Waals surface area contributed by atoms with E-state index in [-0.39, 0.29) is 17.6 Å². The molecule has 0 aromatic heterocycles. The predicted octanol–water partition coefficient (Wildman–Crippen LogP) is 2.01. The lowest BCUT2D eigenvalue weighted by Gasteiger charge is -2.21. The fraction of sp³-hybridized carbons (Fsp3) is 0.357. The molecule has 0 saturated carbocycles. The Hall–Kier alpha value is -1.88. The van der Waals surface area contributed by atoms with Crippen LogP contribution in [0.5, 0.6) is 5.75 Å². The van der Waals surface area contributed by atoms with E-state index in [0.29, 0.717) is 25.0 Å². The molecule has 1 aliphatic rings. The third kappa shape index (κ3) is 2.93. The minimum Gasteiger partial charge on any atom is -0.496 e. The van der Waals surface area contributed by atoms with Crippen molar-refractivity contribution in [1.29, 1.82) is 0 Å². The highest BCUT2D eigenvalue weighted by molar-refractivity contribution is 5.80. The summed E-state index contributed by atoms with van der Waals surface area (Å²) < 4.78 is 18.6. The minimum atomic E-state index is -0.293. The van der Waals surface area contributed by atoms with Crippen LogP contribution in [0.15, 0.2) is 24.3 Å². The first kappa shape index (κ1) is 13.5. The molecule has 1 amide bonds. The third-order valence-electron chi connectivity index (χ3n) is 3.43. The van der Waals surface area contributed by atoms with Crippen molar-refractivity contribution in [3.05, 3.63) is 35.7 Å². The van der Waals surface area contributed by atoms with Crippen molar-refractivity contribution in [1.82, 2.24) is 5.43 Å². The van der Waals surface area contributed by atoms with Crippen LogP contribution in [0, 0.1) is 11.7 Å². The number of ether oxygens (including phenoxy) is 1. The molecule has 0 unspecified atom stereocenters. The van der Waals surface area contributed by atoms with Gasteiger partial charge in [0.1, 0.15) is 11.6 Å². The summed E-state index contributed by atoms with van der Waals surface area (Å²) in [6.45, 7) is 0. The lowest BCUT2D eigenvalue weighted by Crippen LogP contribution is -2.36. The number of amides is 1. The van der Waals surface area contributed by atoms with Crippen LogP contribution in [0.4, 0.5) is 4.39 Å². The third-order valence-corrected chi connectivity index (χ3v) is 3.43. The van der Waals surface area contributed by atoms with Gasteiger partial charge in [-0.1, -0.05) is 6.08 Å². The standard InChI is InChI=1S/C14H17FN2O2/c1-19-13-7-6-11(15)8-12(13)9-2-4-10(5-3-9)14(18)17-16/h2,6-8,10H,3-5,16H2,1H3,(H,17,18)/t10-/m0/s1. The van der Waals surface area contributed by atoms with E-state index in [4.69, 9.17) is 10.6 Å². The Morgan fingerprint density at radius 2 is 2.32 bits per heavy atom. The molecule has 0 radical (unpaired) electrons. The zero-order valence-electron chi connectivity index (χ0n) is 10.8. The van der Waals surface area contributed by atoms with E-state index in [2.05, 4.69) is 5.43 Å². The van der Waals surface area contributed by atoms with Crippen molar-refractivity contribution >= 4 is 11.5 Å². The van der Waals surface area contributed by atoms with Gasteiger partial charge in [0.25, 0.3) is 0 Å². The van der Waals surface area contributed by atoms with E-state index >= 15 is 0 Å². The largest absolute Gasteiger partial charge is 0.496 e. The number of hydrazine groups is 1. The molecule has 102 valence electrons. The van der Waals surface area contributed by atoms with Crippen molar-refractivity contribution in [2.24, 2.45) is 11.8 Å². The monoisotopic (exact) mass is 264 g/mol. The number of nitrogens with two attached hydrogens (primary N) is 1. The van der Waals surface area contributed by atoms with E-state index in [1.165, 1.54) is 12.1 Å². The average molecular weight is 264 g/mol. The second kappa shape index (κ2) is 5.84. The molecule has 4 nitrogen and oxygen atoms in total. The van der Waals surface area contributed by atoms with Crippen molar-refractivity contribution in [2.75, 3.05) is 7.11 Å². The van der Waals surface area contributed by atoms with E-state index in [1.54, 1.807) is 13.2 Å². The molecule has 1 aromatic carbocycles. The lowest BCUT2D eigenvalue weighted by atomic mass is 9.86. The van der Waals surface area contributed by atoms with Crippen molar-refractivity contribution in [3.63, 3.8) is 0 Å². The van der Waals surface area contributed by atoms with Crippen molar-refractivity contribution < 1.29 is 13.9 Å². The van der Waals surface area contributed by atoms with Gasteiger partial charge in [-0.2, -0.15) is 0 Å². The molecule has 0 aliphatic heterocycles. The SMILES string of the molecule is COc1ccc(F)cc1C1=CC[C@H](C(=O)NN)CC1. The van der Waals surface area contributed by atoms with E-state index < -0.39 is 0 Å². The van der Waals surface area contributed by atoms with Crippen LogP contribution in [0.1, 0.15) is 24.8 Å². The van der Waals surface area contributed by atoms with Crippen molar-refractivity contribution in [2.45, 2.75) is 19.3 Å². The number of allylic oxidation sites excluding steroid dienone is 2. The fourth-order valence-electron chi connectivity index (χ4n) is 2.37. The molecule has 0 bridgehead atoms. The van der Waals surface area contributed by atoms with E-state index in [9.17, 15) is 9.18 Å². The van der Waals surface area contributed by atoms with Gasteiger partial charge in [0.15, 0.2) is 0 Å². The molecule has 0 saturated heterocycles. The Bertz CT molecular complexity index is 514. The molecule has 1 atom stereocenters. The number of methoxy groups -OCH3 is 1. The summed E-state index contributed by atoms with van der Waals surface area (Å²) in [4.78, 5) is 11.4. The fourth-order valence-corrected chi connectivity index (χ4v) is 2.37. The number of nitrogens with one attached hydrogen (secondary N) is 1.